The molecule has 0 atom stereocenters. The first kappa shape index (κ1) is 11.4. The summed E-state index contributed by atoms with van der Waals surface area (Å²) in [5, 5.41) is 3.39. The molecule has 3 nitrogen and oxygen atoms in total. The van der Waals surface area contributed by atoms with Crippen molar-refractivity contribution in [3.8, 4) is 0 Å². The molecule has 92 valence electrons. The van der Waals surface area contributed by atoms with Crippen LogP contribution < -0.4 is 10.2 Å². The monoisotopic (exact) mass is 249 g/mol. The van der Waals surface area contributed by atoms with Crippen molar-refractivity contribution < 1.29 is 0 Å². The first-order valence-electron chi connectivity index (χ1n) is 6.30. The van der Waals surface area contributed by atoms with E-state index in [9.17, 15) is 0 Å². The van der Waals surface area contributed by atoms with Crippen molar-refractivity contribution in [3.63, 3.8) is 0 Å². The Balaban J connectivity index is 1.71. The van der Waals surface area contributed by atoms with Gasteiger partial charge in [-0.25, -0.2) is 4.31 Å². The van der Waals surface area contributed by atoms with Gasteiger partial charge in [0.05, 0.1) is 0 Å². The molecule has 4 heteroatoms. The molecule has 0 aromatic heterocycles. The van der Waals surface area contributed by atoms with Crippen LogP contribution in [0.15, 0.2) is 23.1 Å². The third kappa shape index (κ3) is 2.44. The standard InChI is InChI=1S/C13H19N3S/c1-15-7-4-11-10-12(2-3-13(11)15)17-16-8-5-14-6-9-16/h2-3,10,14H,4-9H2,1H3. The molecule has 2 aliphatic rings. The van der Waals surface area contributed by atoms with Crippen LogP contribution in [0.4, 0.5) is 5.69 Å². The van der Waals surface area contributed by atoms with Gasteiger partial charge < -0.3 is 10.2 Å². The molecule has 2 heterocycles. The van der Waals surface area contributed by atoms with Crippen molar-refractivity contribution in [1.29, 1.82) is 0 Å². The van der Waals surface area contributed by atoms with Gasteiger partial charge in [-0.2, -0.15) is 0 Å². The summed E-state index contributed by atoms with van der Waals surface area (Å²) in [6, 6.07) is 6.89. The molecule has 1 aromatic carbocycles. The molecular formula is C13H19N3S. The van der Waals surface area contributed by atoms with Crippen LogP contribution in [0.3, 0.4) is 0 Å². The number of benzene rings is 1. The van der Waals surface area contributed by atoms with Crippen LogP contribution in [-0.2, 0) is 6.42 Å². The van der Waals surface area contributed by atoms with E-state index in [1.807, 2.05) is 11.9 Å². The first-order chi connectivity index (χ1) is 8.33. The predicted molar refractivity (Wildman–Crippen MR) is 73.7 cm³/mol. The Morgan fingerprint density at radius 2 is 2.00 bits per heavy atom. The molecule has 0 saturated carbocycles. The number of anilines is 1. The van der Waals surface area contributed by atoms with Gasteiger partial charge in [0.1, 0.15) is 0 Å². The average molecular weight is 249 g/mol. The van der Waals surface area contributed by atoms with Gasteiger partial charge in [0.25, 0.3) is 0 Å². The first-order valence-corrected chi connectivity index (χ1v) is 7.08. The van der Waals surface area contributed by atoms with Crippen molar-refractivity contribution in [2.75, 3.05) is 44.7 Å². The molecule has 0 radical (unpaired) electrons. The second-order valence-electron chi connectivity index (χ2n) is 4.73. The van der Waals surface area contributed by atoms with Gasteiger partial charge in [0, 0.05) is 50.4 Å². The Bertz CT molecular complexity index is 402. The predicted octanol–water partition coefficient (Wildman–Crippen LogP) is 1.59. The van der Waals surface area contributed by atoms with Crippen LogP contribution >= 0.6 is 11.9 Å². The van der Waals surface area contributed by atoms with Gasteiger partial charge in [-0.05, 0) is 42.1 Å². The van der Waals surface area contributed by atoms with E-state index in [1.54, 1.807) is 0 Å². The summed E-state index contributed by atoms with van der Waals surface area (Å²) in [7, 11) is 2.18. The lowest BCUT2D eigenvalue weighted by molar-refractivity contribution is 0.396. The minimum Gasteiger partial charge on any atom is -0.374 e. The molecule has 1 saturated heterocycles. The summed E-state index contributed by atoms with van der Waals surface area (Å²) in [6.45, 7) is 5.67. The van der Waals surface area contributed by atoms with Crippen LogP contribution in [0, 0.1) is 0 Å². The molecular weight excluding hydrogens is 230 g/mol. The van der Waals surface area contributed by atoms with E-state index in [4.69, 9.17) is 0 Å². The van der Waals surface area contributed by atoms with E-state index >= 15 is 0 Å². The number of hydrogen-bond acceptors (Lipinski definition) is 4. The largest absolute Gasteiger partial charge is 0.374 e. The van der Waals surface area contributed by atoms with E-state index < -0.39 is 0 Å². The van der Waals surface area contributed by atoms with Crippen molar-refractivity contribution in [2.45, 2.75) is 11.3 Å². The van der Waals surface area contributed by atoms with Gasteiger partial charge in [-0.15, -0.1) is 0 Å². The Morgan fingerprint density at radius 1 is 1.18 bits per heavy atom. The third-order valence-corrected chi connectivity index (χ3v) is 4.58. The zero-order chi connectivity index (χ0) is 11.7. The number of nitrogens with one attached hydrogen (secondary N) is 1. The van der Waals surface area contributed by atoms with E-state index in [1.165, 1.54) is 22.6 Å². The normalized spacial score (nSPS) is 20.6. The Hall–Kier alpha value is -0.710. The van der Waals surface area contributed by atoms with Crippen LogP contribution in [0.1, 0.15) is 5.56 Å². The summed E-state index contributed by atoms with van der Waals surface area (Å²) >= 11 is 1.91. The van der Waals surface area contributed by atoms with E-state index in [0.717, 1.165) is 32.7 Å². The summed E-state index contributed by atoms with van der Waals surface area (Å²) < 4.78 is 2.46. The van der Waals surface area contributed by atoms with Gasteiger partial charge in [0.2, 0.25) is 0 Å². The Morgan fingerprint density at radius 3 is 2.82 bits per heavy atom. The van der Waals surface area contributed by atoms with Gasteiger partial charge in [-0.1, -0.05) is 0 Å². The highest BCUT2D eigenvalue weighted by atomic mass is 32.2. The third-order valence-electron chi connectivity index (χ3n) is 3.49. The summed E-state index contributed by atoms with van der Waals surface area (Å²) in [5.74, 6) is 0. The van der Waals surface area contributed by atoms with Gasteiger partial charge >= 0.3 is 0 Å². The molecule has 0 bridgehead atoms. The molecule has 0 aliphatic carbocycles. The van der Waals surface area contributed by atoms with Crippen molar-refractivity contribution in [3.05, 3.63) is 23.8 Å². The minimum atomic E-state index is 1.11. The number of piperazine rings is 1. The Kier molecular flexibility index (Phi) is 3.27. The Labute approximate surface area is 107 Å². The van der Waals surface area contributed by atoms with Crippen LogP contribution in [0.25, 0.3) is 0 Å². The fourth-order valence-corrected chi connectivity index (χ4v) is 3.47. The highest BCUT2D eigenvalue weighted by Crippen LogP contribution is 2.32. The molecule has 1 N–H and O–H groups in total. The highest BCUT2D eigenvalue weighted by molar-refractivity contribution is 7.97. The zero-order valence-electron chi connectivity index (χ0n) is 10.3. The van der Waals surface area contributed by atoms with E-state index in [-0.39, 0.29) is 0 Å². The number of hydrogen-bond donors (Lipinski definition) is 1. The fourth-order valence-electron chi connectivity index (χ4n) is 2.48. The molecule has 0 spiro atoms. The quantitative estimate of drug-likeness (QED) is 0.802. The smallest absolute Gasteiger partial charge is 0.0397 e. The molecule has 1 fully saturated rings. The lowest BCUT2D eigenvalue weighted by Gasteiger charge is -2.26. The lowest BCUT2D eigenvalue weighted by atomic mass is 10.2. The maximum atomic E-state index is 3.39. The second-order valence-corrected chi connectivity index (χ2v) is 5.90. The van der Waals surface area contributed by atoms with Crippen molar-refractivity contribution in [1.82, 2.24) is 9.62 Å². The summed E-state index contributed by atoms with van der Waals surface area (Å²) in [6.07, 6.45) is 1.20. The van der Waals surface area contributed by atoms with Crippen LogP contribution in [0.2, 0.25) is 0 Å². The zero-order valence-corrected chi connectivity index (χ0v) is 11.1. The highest BCUT2D eigenvalue weighted by Gasteiger charge is 2.17. The molecule has 17 heavy (non-hydrogen) atoms. The number of likely N-dealkylation sites (N-methyl/N-ethyl adjacent to an activating group) is 1. The summed E-state index contributed by atoms with van der Waals surface area (Å²) in [5.41, 5.74) is 2.92. The maximum absolute atomic E-state index is 3.39. The number of nitrogens with zero attached hydrogens (tertiary/aromatic N) is 2. The minimum absolute atomic E-state index is 1.11. The molecule has 1 aromatic rings. The molecule has 3 rings (SSSR count). The average Bonchev–Trinajstić information content (AvgIpc) is 2.72. The molecule has 0 unspecified atom stereocenters. The number of rotatable bonds is 2. The van der Waals surface area contributed by atoms with Crippen LogP contribution in [-0.4, -0.2) is 44.1 Å². The summed E-state index contributed by atoms with van der Waals surface area (Å²) in [4.78, 5) is 3.73. The van der Waals surface area contributed by atoms with Gasteiger partial charge in [-0.3, -0.25) is 0 Å². The number of fused-ring (bicyclic) bond motifs is 1. The maximum Gasteiger partial charge on any atom is 0.0397 e. The van der Waals surface area contributed by atoms with Crippen molar-refractivity contribution >= 4 is 17.6 Å². The SMILES string of the molecule is CN1CCc2cc(SN3CCNCC3)ccc21. The van der Waals surface area contributed by atoms with E-state index in [2.05, 4.69) is 39.8 Å². The van der Waals surface area contributed by atoms with Gasteiger partial charge in [0.15, 0.2) is 0 Å². The topological polar surface area (TPSA) is 18.5 Å². The lowest BCUT2D eigenvalue weighted by Crippen LogP contribution is -2.39. The molecule has 2 aliphatic heterocycles. The fraction of sp³-hybridized carbons (Fsp3) is 0.538. The van der Waals surface area contributed by atoms with Crippen LogP contribution in [0.5, 0.6) is 0 Å². The van der Waals surface area contributed by atoms with Crippen molar-refractivity contribution in [2.24, 2.45) is 0 Å². The second kappa shape index (κ2) is 4.88. The van der Waals surface area contributed by atoms with E-state index in [0.29, 0.717) is 0 Å². The molecule has 0 amide bonds.